The van der Waals surface area contributed by atoms with Crippen LogP contribution in [0.1, 0.15) is 18.1 Å². The summed E-state index contributed by atoms with van der Waals surface area (Å²) in [6.45, 7) is 1.69. The third-order valence-corrected chi connectivity index (χ3v) is 7.62. The highest BCUT2D eigenvalue weighted by Gasteiger charge is 2.35. The minimum Gasteiger partial charge on any atom is -0.493 e. The normalized spacial score (nSPS) is 14.4. The fraction of sp³-hybridized carbons (Fsp3) is 0.143. The summed E-state index contributed by atoms with van der Waals surface area (Å²) in [6.07, 6.45) is 3.85. The summed E-state index contributed by atoms with van der Waals surface area (Å²) in [6, 6.07) is 26.6. The Bertz CT molecular complexity index is 1980. The number of methoxy groups -OCH3 is 2. The minimum absolute atomic E-state index is 0.0721. The second-order valence-corrected chi connectivity index (χ2v) is 10.2. The van der Waals surface area contributed by atoms with Gasteiger partial charge in [-0.3, -0.25) is 14.5 Å². The number of benzene rings is 3. The van der Waals surface area contributed by atoms with Crippen molar-refractivity contribution >= 4 is 28.9 Å². The van der Waals surface area contributed by atoms with Gasteiger partial charge >= 0.3 is 0 Å². The van der Waals surface area contributed by atoms with Crippen molar-refractivity contribution in [1.29, 1.82) is 5.26 Å². The molecule has 6 rings (SSSR count). The lowest BCUT2D eigenvalue weighted by Gasteiger charge is -2.27. The molecule has 0 bridgehead atoms. The number of hydrogen-bond donors (Lipinski definition) is 0. The zero-order valence-corrected chi connectivity index (χ0v) is 24.4. The smallest absolute Gasteiger partial charge is 0.271 e. The second-order valence-electron chi connectivity index (χ2n) is 10.2. The van der Waals surface area contributed by atoms with E-state index in [1.165, 1.54) is 0 Å². The molecule has 1 aliphatic heterocycles. The average molecular weight is 585 g/mol. The van der Waals surface area contributed by atoms with Gasteiger partial charge in [-0.25, -0.2) is 4.68 Å². The van der Waals surface area contributed by atoms with E-state index in [-0.39, 0.29) is 17.7 Å². The minimum atomic E-state index is -0.620. The van der Waals surface area contributed by atoms with E-state index in [0.29, 0.717) is 46.1 Å². The van der Waals surface area contributed by atoms with Crippen molar-refractivity contribution in [2.75, 3.05) is 20.8 Å². The molecule has 0 atom stereocenters. The summed E-state index contributed by atoms with van der Waals surface area (Å²) in [5.41, 5.74) is 3.96. The van der Waals surface area contributed by atoms with Crippen molar-refractivity contribution in [3.05, 3.63) is 113 Å². The Labute approximate surface area is 253 Å². The highest BCUT2D eigenvalue weighted by Crippen LogP contribution is 2.34. The van der Waals surface area contributed by atoms with Crippen molar-refractivity contribution in [3.63, 3.8) is 0 Å². The van der Waals surface area contributed by atoms with Crippen molar-refractivity contribution in [3.8, 4) is 34.7 Å². The van der Waals surface area contributed by atoms with E-state index in [1.54, 1.807) is 44.0 Å². The number of ether oxygens (including phenoxy) is 2. The fourth-order valence-electron chi connectivity index (χ4n) is 5.26. The third-order valence-electron chi connectivity index (χ3n) is 7.62. The maximum atomic E-state index is 13.9. The van der Waals surface area contributed by atoms with Crippen LogP contribution in [0.15, 0.2) is 106 Å². The monoisotopic (exact) mass is 584 g/mol. The molecule has 0 saturated carbocycles. The Kier molecular flexibility index (Phi) is 7.56. The molecule has 0 spiro atoms. The summed E-state index contributed by atoms with van der Waals surface area (Å²) >= 11 is 0. The molecule has 9 nitrogen and oxygen atoms in total. The lowest BCUT2D eigenvalue weighted by molar-refractivity contribution is -0.140. The van der Waals surface area contributed by atoms with Crippen LogP contribution in [-0.2, 0) is 16.0 Å². The van der Waals surface area contributed by atoms with Gasteiger partial charge < -0.3 is 13.9 Å². The molecule has 0 aliphatic carbocycles. The van der Waals surface area contributed by atoms with Crippen LogP contribution < -0.4 is 9.47 Å². The van der Waals surface area contributed by atoms with E-state index in [0.717, 1.165) is 21.5 Å². The highest BCUT2D eigenvalue weighted by molar-refractivity contribution is 6.19. The Morgan fingerprint density at radius 1 is 0.932 bits per heavy atom. The van der Waals surface area contributed by atoms with Gasteiger partial charge in [0.25, 0.3) is 11.8 Å². The number of amides is 2. The Hall–Kier alpha value is -5.88. The topological polar surface area (TPSA) is 111 Å². The number of aromatic nitrogens is 2. The molecule has 0 fully saturated rings. The number of hydrogen-bond acceptors (Lipinski definition) is 7. The predicted molar refractivity (Wildman–Crippen MR) is 165 cm³/mol. The number of carbonyl (C=O) groups excluding carboxylic acids is 2. The van der Waals surface area contributed by atoms with E-state index in [2.05, 4.69) is 0 Å². The summed E-state index contributed by atoms with van der Waals surface area (Å²) in [5.74, 6) is 0.539. The Balaban J connectivity index is 1.41. The van der Waals surface area contributed by atoms with E-state index in [1.807, 2.05) is 79.0 Å². The van der Waals surface area contributed by atoms with Gasteiger partial charge in [0.15, 0.2) is 17.3 Å². The highest BCUT2D eigenvalue weighted by atomic mass is 16.5. The number of nitriles is 1. The molecule has 0 radical (unpaired) electrons. The average Bonchev–Trinajstić information content (AvgIpc) is 3.68. The molecule has 0 saturated heterocycles. The molecule has 218 valence electrons. The molecular weight excluding hydrogens is 556 g/mol. The number of para-hydroxylation sites is 2. The van der Waals surface area contributed by atoms with Crippen LogP contribution in [0.5, 0.6) is 11.5 Å². The molecule has 2 aromatic heterocycles. The van der Waals surface area contributed by atoms with Crippen LogP contribution in [0.4, 0.5) is 0 Å². The van der Waals surface area contributed by atoms with Crippen molar-refractivity contribution < 1.29 is 23.5 Å². The van der Waals surface area contributed by atoms with Gasteiger partial charge in [0.2, 0.25) is 0 Å². The number of nitrogens with zero attached hydrogens (tertiary/aromatic N) is 4. The van der Waals surface area contributed by atoms with E-state index in [9.17, 15) is 14.9 Å². The second kappa shape index (κ2) is 11.8. The molecular formula is C35H28N4O5. The SMILES string of the molecule is COc1ccc(CCN2C(=O)C(C#N)=C(C)/C(=C\c3cn(-c4ccccc4)nc3-c3cc4ccccc4o3)C2=O)cc1OC. The van der Waals surface area contributed by atoms with Crippen molar-refractivity contribution in [2.24, 2.45) is 0 Å². The Morgan fingerprint density at radius 3 is 2.41 bits per heavy atom. The van der Waals surface area contributed by atoms with E-state index in [4.69, 9.17) is 19.0 Å². The third kappa shape index (κ3) is 5.14. The summed E-state index contributed by atoms with van der Waals surface area (Å²) in [5, 5.41) is 15.7. The van der Waals surface area contributed by atoms with Crippen LogP contribution in [0.3, 0.4) is 0 Å². The molecule has 1 aliphatic rings. The predicted octanol–water partition coefficient (Wildman–Crippen LogP) is 6.14. The van der Waals surface area contributed by atoms with E-state index >= 15 is 0 Å². The van der Waals surface area contributed by atoms with Crippen molar-refractivity contribution in [2.45, 2.75) is 13.3 Å². The first kappa shape index (κ1) is 28.2. The van der Waals surface area contributed by atoms with Crippen LogP contribution in [0, 0.1) is 11.3 Å². The lowest BCUT2D eigenvalue weighted by Crippen LogP contribution is -2.43. The summed E-state index contributed by atoms with van der Waals surface area (Å²) in [4.78, 5) is 28.4. The molecule has 9 heteroatoms. The standard InChI is InChI=1S/C35H28N4O5/c1-22-27(34(40)38(35(41)28(22)20-36)16-15-23-13-14-30(42-2)31(17-23)43-3)18-25-21-39(26-10-5-4-6-11-26)37-33(25)32-19-24-9-7-8-12-29(24)44-32/h4-14,17-19,21H,15-16H2,1-3H3/b27-18+. The molecule has 5 aromatic rings. The first-order valence-electron chi connectivity index (χ1n) is 14.0. The zero-order valence-electron chi connectivity index (χ0n) is 24.4. The fourth-order valence-corrected chi connectivity index (χ4v) is 5.26. The van der Waals surface area contributed by atoms with Crippen LogP contribution in [0.25, 0.3) is 34.2 Å². The zero-order chi connectivity index (χ0) is 30.8. The quantitative estimate of drug-likeness (QED) is 0.159. The van der Waals surface area contributed by atoms with Gasteiger partial charge in [0.1, 0.15) is 22.9 Å². The molecule has 3 heterocycles. The maximum absolute atomic E-state index is 13.9. The number of furan rings is 1. The van der Waals surface area contributed by atoms with Crippen LogP contribution in [0.2, 0.25) is 0 Å². The molecule has 0 unspecified atom stereocenters. The summed E-state index contributed by atoms with van der Waals surface area (Å²) < 4.78 is 18.6. The van der Waals surface area contributed by atoms with Gasteiger partial charge in [-0.2, -0.15) is 10.4 Å². The number of carbonyl (C=O) groups is 2. The first-order chi connectivity index (χ1) is 21.4. The molecule has 3 aromatic carbocycles. The van der Waals surface area contributed by atoms with Gasteiger partial charge in [0, 0.05) is 29.3 Å². The van der Waals surface area contributed by atoms with Gasteiger partial charge in [-0.1, -0.05) is 42.5 Å². The van der Waals surface area contributed by atoms with Gasteiger partial charge in [0.05, 0.1) is 19.9 Å². The van der Waals surface area contributed by atoms with Gasteiger partial charge in [-0.05, 0) is 67.0 Å². The van der Waals surface area contributed by atoms with Gasteiger partial charge in [-0.15, -0.1) is 0 Å². The van der Waals surface area contributed by atoms with Crippen LogP contribution >= 0.6 is 0 Å². The molecule has 2 amide bonds. The van der Waals surface area contributed by atoms with E-state index < -0.39 is 11.8 Å². The molecule has 0 N–H and O–H groups in total. The first-order valence-corrected chi connectivity index (χ1v) is 14.0. The summed E-state index contributed by atoms with van der Waals surface area (Å²) in [7, 11) is 3.10. The number of rotatable bonds is 8. The lowest BCUT2D eigenvalue weighted by atomic mass is 9.93. The Morgan fingerprint density at radius 2 is 1.68 bits per heavy atom. The number of fused-ring (bicyclic) bond motifs is 1. The maximum Gasteiger partial charge on any atom is 0.271 e. The number of imide groups is 1. The van der Waals surface area contributed by atoms with Crippen LogP contribution in [-0.4, -0.2) is 47.3 Å². The van der Waals surface area contributed by atoms with Crippen molar-refractivity contribution in [1.82, 2.24) is 14.7 Å². The largest absolute Gasteiger partial charge is 0.493 e. The molecule has 44 heavy (non-hydrogen) atoms.